The maximum atomic E-state index is 12.8. The average molecular weight is 363 g/mol. The first-order chi connectivity index (χ1) is 13.1. The number of amides is 1. The van der Waals surface area contributed by atoms with Crippen LogP contribution < -0.4 is 10.6 Å². The third-order valence-corrected chi connectivity index (χ3v) is 3.79. The highest BCUT2D eigenvalue weighted by molar-refractivity contribution is 5.96. The van der Waals surface area contributed by atoms with Gasteiger partial charge in [-0.05, 0) is 17.7 Å². The SMILES string of the molecule is O=C(Nc1ccccc1)[C@@H](Cc1ccccc1)Nc1ncc([N+](=O)[O-])cn1. The van der Waals surface area contributed by atoms with Gasteiger partial charge in [-0.25, -0.2) is 9.97 Å². The van der Waals surface area contributed by atoms with E-state index >= 15 is 0 Å². The summed E-state index contributed by atoms with van der Waals surface area (Å²) < 4.78 is 0. The summed E-state index contributed by atoms with van der Waals surface area (Å²) in [6.07, 6.45) is 2.61. The van der Waals surface area contributed by atoms with Crippen molar-refractivity contribution in [2.75, 3.05) is 10.6 Å². The van der Waals surface area contributed by atoms with Gasteiger partial charge in [-0.15, -0.1) is 0 Å². The molecule has 0 aliphatic rings. The van der Waals surface area contributed by atoms with E-state index in [0.29, 0.717) is 12.1 Å². The Labute approximate surface area is 155 Å². The summed E-state index contributed by atoms with van der Waals surface area (Å²) in [5.41, 5.74) is 1.42. The maximum absolute atomic E-state index is 12.8. The van der Waals surface area contributed by atoms with Gasteiger partial charge < -0.3 is 10.6 Å². The molecule has 3 rings (SSSR count). The molecule has 0 aliphatic carbocycles. The summed E-state index contributed by atoms with van der Waals surface area (Å²) >= 11 is 0. The van der Waals surface area contributed by atoms with Crippen LogP contribution in [-0.2, 0) is 11.2 Å². The lowest BCUT2D eigenvalue weighted by molar-refractivity contribution is -0.385. The van der Waals surface area contributed by atoms with Gasteiger partial charge in [0.15, 0.2) is 0 Å². The zero-order valence-corrected chi connectivity index (χ0v) is 14.3. The third-order valence-electron chi connectivity index (χ3n) is 3.79. The minimum absolute atomic E-state index is 0.143. The van der Waals surface area contributed by atoms with Crippen LogP contribution in [0.25, 0.3) is 0 Å². The Bertz CT molecular complexity index is 902. The van der Waals surface area contributed by atoms with E-state index < -0.39 is 11.0 Å². The molecular formula is C19H17N5O3. The summed E-state index contributed by atoms with van der Waals surface area (Å²) in [6.45, 7) is 0. The molecule has 0 bridgehead atoms. The molecule has 2 N–H and O–H groups in total. The number of rotatable bonds is 7. The van der Waals surface area contributed by atoms with Gasteiger partial charge in [0.05, 0.1) is 4.92 Å². The van der Waals surface area contributed by atoms with Gasteiger partial charge in [-0.1, -0.05) is 48.5 Å². The number of carbonyl (C=O) groups excluding carboxylic acids is 1. The second-order valence-electron chi connectivity index (χ2n) is 5.76. The molecule has 8 nitrogen and oxygen atoms in total. The van der Waals surface area contributed by atoms with E-state index in [1.54, 1.807) is 12.1 Å². The van der Waals surface area contributed by atoms with Crippen molar-refractivity contribution >= 4 is 23.2 Å². The molecule has 136 valence electrons. The van der Waals surface area contributed by atoms with E-state index in [-0.39, 0.29) is 17.5 Å². The highest BCUT2D eigenvalue weighted by atomic mass is 16.6. The first-order valence-corrected chi connectivity index (χ1v) is 8.24. The molecule has 2 aromatic carbocycles. The smallest absolute Gasteiger partial charge is 0.305 e. The molecule has 1 aromatic heterocycles. The van der Waals surface area contributed by atoms with Gasteiger partial charge in [0.1, 0.15) is 18.4 Å². The number of para-hydroxylation sites is 1. The summed E-state index contributed by atoms with van der Waals surface area (Å²) in [4.78, 5) is 30.8. The van der Waals surface area contributed by atoms with Crippen LogP contribution in [0.5, 0.6) is 0 Å². The van der Waals surface area contributed by atoms with Crippen molar-refractivity contribution in [2.45, 2.75) is 12.5 Å². The molecule has 0 saturated heterocycles. The highest BCUT2D eigenvalue weighted by Gasteiger charge is 2.20. The number of aromatic nitrogens is 2. The Morgan fingerprint density at radius 3 is 2.19 bits per heavy atom. The molecule has 1 amide bonds. The lowest BCUT2D eigenvalue weighted by Crippen LogP contribution is -2.37. The fourth-order valence-electron chi connectivity index (χ4n) is 2.46. The van der Waals surface area contributed by atoms with Crippen LogP contribution in [0, 0.1) is 10.1 Å². The largest absolute Gasteiger partial charge is 0.342 e. The average Bonchev–Trinajstić information content (AvgIpc) is 2.69. The molecule has 3 aromatic rings. The van der Waals surface area contributed by atoms with Crippen LogP contribution in [0.15, 0.2) is 73.1 Å². The molecule has 0 spiro atoms. The zero-order chi connectivity index (χ0) is 19.1. The van der Waals surface area contributed by atoms with Crippen molar-refractivity contribution in [1.29, 1.82) is 0 Å². The summed E-state index contributed by atoms with van der Waals surface area (Å²) in [5, 5.41) is 16.5. The number of hydrogen-bond donors (Lipinski definition) is 2. The Morgan fingerprint density at radius 1 is 1.00 bits per heavy atom. The number of nitro groups is 1. The van der Waals surface area contributed by atoms with Crippen LogP contribution in [0.3, 0.4) is 0 Å². The standard InChI is InChI=1S/C19H17N5O3/c25-18(22-15-9-5-2-6-10-15)17(11-14-7-3-1-4-8-14)23-19-20-12-16(13-21-19)24(26)27/h1-10,12-13,17H,11H2,(H,22,25)(H,20,21,23)/t17-/m1/s1. The van der Waals surface area contributed by atoms with Crippen LogP contribution in [0.4, 0.5) is 17.3 Å². The second kappa shape index (κ2) is 8.52. The predicted molar refractivity (Wildman–Crippen MR) is 101 cm³/mol. The first kappa shape index (κ1) is 18.0. The normalized spacial score (nSPS) is 11.4. The van der Waals surface area contributed by atoms with Gasteiger partial charge in [0.2, 0.25) is 11.9 Å². The molecule has 0 aliphatic heterocycles. The van der Waals surface area contributed by atoms with Crippen LogP contribution in [0.1, 0.15) is 5.56 Å². The number of carbonyl (C=O) groups is 1. The molecule has 0 saturated carbocycles. The van der Waals surface area contributed by atoms with E-state index in [9.17, 15) is 14.9 Å². The fourth-order valence-corrected chi connectivity index (χ4v) is 2.46. The van der Waals surface area contributed by atoms with Gasteiger partial charge in [-0.3, -0.25) is 14.9 Å². The zero-order valence-electron chi connectivity index (χ0n) is 14.3. The number of anilines is 2. The van der Waals surface area contributed by atoms with Crippen LogP contribution in [0.2, 0.25) is 0 Å². The highest BCUT2D eigenvalue weighted by Crippen LogP contribution is 2.13. The van der Waals surface area contributed by atoms with Crippen molar-refractivity contribution in [2.24, 2.45) is 0 Å². The Hall–Kier alpha value is -3.81. The molecule has 0 unspecified atom stereocenters. The fraction of sp³-hybridized carbons (Fsp3) is 0.105. The number of nitrogens with zero attached hydrogens (tertiary/aromatic N) is 3. The number of benzene rings is 2. The van der Waals surface area contributed by atoms with Crippen molar-refractivity contribution in [3.05, 3.63) is 88.7 Å². The maximum Gasteiger partial charge on any atom is 0.305 e. The molecule has 1 atom stereocenters. The van der Waals surface area contributed by atoms with Gasteiger partial charge in [0.25, 0.3) is 0 Å². The van der Waals surface area contributed by atoms with Gasteiger partial charge in [0, 0.05) is 12.1 Å². The lowest BCUT2D eigenvalue weighted by atomic mass is 10.1. The Morgan fingerprint density at radius 2 is 1.59 bits per heavy atom. The van der Waals surface area contributed by atoms with Crippen molar-refractivity contribution in [3.8, 4) is 0 Å². The van der Waals surface area contributed by atoms with Gasteiger partial charge >= 0.3 is 5.69 Å². The monoisotopic (exact) mass is 363 g/mol. The summed E-state index contributed by atoms with van der Waals surface area (Å²) in [7, 11) is 0. The Balaban J connectivity index is 1.78. The summed E-state index contributed by atoms with van der Waals surface area (Å²) in [6, 6.07) is 18.0. The summed E-state index contributed by atoms with van der Waals surface area (Å²) in [5.74, 6) is -0.114. The van der Waals surface area contributed by atoms with Crippen molar-refractivity contribution in [3.63, 3.8) is 0 Å². The van der Waals surface area contributed by atoms with E-state index in [1.165, 1.54) is 0 Å². The number of nitrogens with one attached hydrogen (secondary N) is 2. The van der Waals surface area contributed by atoms with Crippen molar-refractivity contribution in [1.82, 2.24) is 9.97 Å². The van der Waals surface area contributed by atoms with E-state index in [1.807, 2.05) is 48.5 Å². The van der Waals surface area contributed by atoms with E-state index in [2.05, 4.69) is 20.6 Å². The first-order valence-electron chi connectivity index (χ1n) is 8.24. The molecule has 8 heteroatoms. The lowest BCUT2D eigenvalue weighted by Gasteiger charge is -2.18. The third kappa shape index (κ3) is 5.08. The quantitative estimate of drug-likeness (QED) is 0.493. The molecular weight excluding hydrogens is 346 g/mol. The van der Waals surface area contributed by atoms with E-state index in [0.717, 1.165) is 18.0 Å². The molecule has 1 heterocycles. The van der Waals surface area contributed by atoms with Crippen LogP contribution in [-0.4, -0.2) is 26.8 Å². The van der Waals surface area contributed by atoms with Crippen molar-refractivity contribution < 1.29 is 9.72 Å². The van der Waals surface area contributed by atoms with E-state index in [4.69, 9.17) is 0 Å². The van der Waals surface area contributed by atoms with Crippen LogP contribution >= 0.6 is 0 Å². The minimum Gasteiger partial charge on any atom is -0.342 e. The predicted octanol–water partition coefficient (Wildman–Crippen LogP) is 3.05. The number of hydrogen-bond acceptors (Lipinski definition) is 6. The Kier molecular flexibility index (Phi) is 5.68. The minimum atomic E-state index is -0.658. The molecule has 0 fully saturated rings. The molecule has 27 heavy (non-hydrogen) atoms. The second-order valence-corrected chi connectivity index (χ2v) is 5.76. The molecule has 0 radical (unpaired) electrons. The topological polar surface area (TPSA) is 110 Å². The van der Waals surface area contributed by atoms with Gasteiger partial charge in [-0.2, -0.15) is 0 Å².